The van der Waals surface area contributed by atoms with Gasteiger partial charge in [0.05, 0.1) is 0 Å². The number of nitrogens with one attached hydrogen (secondary N) is 1. The second-order valence-electron chi connectivity index (χ2n) is 3.17. The van der Waals surface area contributed by atoms with Crippen molar-refractivity contribution in [2.24, 2.45) is 5.84 Å². The summed E-state index contributed by atoms with van der Waals surface area (Å²) in [6.45, 7) is 2.12. The van der Waals surface area contributed by atoms with Gasteiger partial charge in [-0.15, -0.1) is 0 Å². The topological polar surface area (TPSA) is 38.0 Å². The van der Waals surface area contributed by atoms with Crippen LogP contribution in [0.15, 0.2) is 22.7 Å². The van der Waals surface area contributed by atoms with Crippen molar-refractivity contribution in [3.05, 3.63) is 33.3 Å². The third kappa shape index (κ3) is 2.95. The number of hydrogen-bond acceptors (Lipinski definition) is 2. The lowest BCUT2D eigenvalue weighted by molar-refractivity contribution is 0.510. The fourth-order valence-corrected chi connectivity index (χ4v) is 2.03. The number of hydrazine groups is 1. The molecular formula is C10H14BrClN2. The Morgan fingerprint density at radius 2 is 2.29 bits per heavy atom. The third-order valence-corrected chi connectivity index (χ3v) is 2.95. The standard InChI is InChI=1S/C10H14BrClN2/c1-2-3-10(14-13)8-6-7(11)4-5-9(8)12/h4-6,10,14H,2-3,13H2,1H3. The average molecular weight is 278 g/mol. The monoisotopic (exact) mass is 276 g/mol. The van der Waals surface area contributed by atoms with Crippen LogP contribution in [0, 0.1) is 0 Å². The van der Waals surface area contributed by atoms with Crippen molar-refractivity contribution in [3.8, 4) is 0 Å². The lowest BCUT2D eigenvalue weighted by atomic mass is 10.0. The lowest BCUT2D eigenvalue weighted by Crippen LogP contribution is -2.28. The maximum atomic E-state index is 6.09. The molecule has 3 N–H and O–H groups in total. The molecule has 1 aromatic rings. The van der Waals surface area contributed by atoms with Gasteiger partial charge in [0, 0.05) is 15.5 Å². The molecule has 0 saturated carbocycles. The van der Waals surface area contributed by atoms with E-state index in [0.29, 0.717) is 0 Å². The highest BCUT2D eigenvalue weighted by atomic mass is 79.9. The second kappa shape index (κ2) is 5.71. The molecule has 0 spiro atoms. The van der Waals surface area contributed by atoms with Gasteiger partial charge in [-0.3, -0.25) is 11.3 Å². The molecule has 0 heterocycles. The van der Waals surface area contributed by atoms with E-state index in [0.717, 1.165) is 27.9 Å². The smallest absolute Gasteiger partial charge is 0.0475 e. The van der Waals surface area contributed by atoms with E-state index >= 15 is 0 Å². The van der Waals surface area contributed by atoms with Crippen molar-refractivity contribution in [3.63, 3.8) is 0 Å². The maximum absolute atomic E-state index is 6.09. The van der Waals surface area contributed by atoms with Gasteiger partial charge in [0.1, 0.15) is 0 Å². The van der Waals surface area contributed by atoms with Crippen molar-refractivity contribution < 1.29 is 0 Å². The summed E-state index contributed by atoms with van der Waals surface area (Å²) in [7, 11) is 0. The first-order valence-electron chi connectivity index (χ1n) is 4.60. The molecule has 0 aliphatic rings. The summed E-state index contributed by atoms with van der Waals surface area (Å²) in [6.07, 6.45) is 2.05. The zero-order chi connectivity index (χ0) is 10.6. The summed E-state index contributed by atoms with van der Waals surface area (Å²) in [5.41, 5.74) is 3.83. The van der Waals surface area contributed by atoms with Gasteiger partial charge in [-0.2, -0.15) is 0 Å². The number of rotatable bonds is 4. The van der Waals surface area contributed by atoms with Gasteiger partial charge in [0.2, 0.25) is 0 Å². The number of hydrogen-bond donors (Lipinski definition) is 2. The van der Waals surface area contributed by atoms with Gasteiger partial charge in [0.15, 0.2) is 0 Å². The summed E-state index contributed by atoms with van der Waals surface area (Å²) in [4.78, 5) is 0. The molecule has 0 bridgehead atoms. The molecule has 0 saturated heterocycles. The fourth-order valence-electron chi connectivity index (χ4n) is 1.40. The highest BCUT2D eigenvalue weighted by Gasteiger charge is 2.12. The molecule has 0 aliphatic carbocycles. The fraction of sp³-hybridized carbons (Fsp3) is 0.400. The molecule has 1 unspecified atom stereocenters. The minimum atomic E-state index is 0.130. The summed E-state index contributed by atoms with van der Waals surface area (Å²) < 4.78 is 1.02. The first-order valence-corrected chi connectivity index (χ1v) is 5.77. The Labute approximate surface area is 97.9 Å². The van der Waals surface area contributed by atoms with E-state index in [1.54, 1.807) is 0 Å². The van der Waals surface area contributed by atoms with Crippen molar-refractivity contribution in [1.29, 1.82) is 0 Å². The minimum absolute atomic E-state index is 0.130. The van der Waals surface area contributed by atoms with Crippen molar-refractivity contribution >= 4 is 27.5 Å². The number of benzene rings is 1. The van der Waals surface area contributed by atoms with Gasteiger partial charge in [-0.25, -0.2) is 0 Å². The van der Waals surface area contributed by atoms with Crippen molar-refractivity contribution in [1.82, 2.24) is 5.43 Å². The molecule has 4 heteroatoms. The van der Waals surface area contributed by atoms with Crippen molar-refractivity contribution in [2.45, 2.75) is 25.8 Å². The summed E-state index contributed by atoms with van der Waals surface area (Å²) in [6, 6.07) is 5.93. The van der Waals surface area contributed by atoms with E-state index in [2.05, 4.69) is 28.3 Å². The van der Waals surface area contributed by atoms with Crippen LogP contribution < -0.4 is 11.3 Å². The van der Waals surface area contributed by atoms with Crippen LogP contribution in [0.1, 0.15) is 31.4 Å². The van der Waals surface area contributed by atoms with Crippen LogP contribution in [0.25, 0.3) is 0 Å². The van der Waals surface area contributed by atoms with E-state index < -0.39 is 0 Å². The van der Waals surface area contributed by atoms with Gasteiger partial charge in [-0.05, 0) is 30.2 Å². The van der Waals surface area contributed by atoms with Crippen LogP contribution in [-0.2, 0) is 0 Å². The van der Waals surface area contributed by atoms with Crippen LogP contribution in [0.4, 0.5) is 0 Å². The molecule has 78 valence electrons. The molecule has 0 radical (unpaired) electrons. The van der Waals surface area contributed by atoms with Crippen molar-refractivity contribution in [2.75, 3.05) is 0 Å². The van der Waals surface area contributed by atoms with Crippen LogP contribution in [-0.4, -0.2) is 0 Å². The van der Waals surface area contributed by atoms with E-state index in [1.807, 2.05) is 18.2 Å². The zero-order valence-corrected chi connectivity index (χ0v) is 10.4. The third-order valence-electron chi connectivity index (χ3n) is 2.11. The van der Waals surface area contributed by atoms with E-state index in [1.165, 1.54) is 0 Å². The first-order chi connectivity index (χ1) is 6.69. The quantitative estimate of drug-likeness (QED) is 0.654. The Morgan fingerprint density at radius 1 is 1.57 bits per heavy atom. The maximum Gasteiger partial charge on any atom is 0.0475 e. The van der Waals surface area contributed by atoms with E-state index in [9.17, 15) is 0 Å². The summed E-state index contributed by atoms with van der Waals surface area (Å²) in [5.74, 6) is 5.49. The van der Waals surface area contributed by atoms with Gasteiger partial charge in [-0.1, -0.05) is 40.9 Å². The largest absolute Gasteiger partial charge is 0.271 e. The Morgan fingerprint density at radius 3 is 2.86 bits per heavy atom. The minimum Gasteiger partial charge on any atom is -0.271 e. The number of nitrogens with two attached hydrogens (primary N) is 1. The molecule has 1 rings (SSSR count). The molecular weight excluding hydrogens is 263 g/mol. The van der Waals surface area contributed by atoms with Gasteiger partial charge >= 0.3 is 0 Å². The number of halogens is 2. The SMILES string of the molecule is CCCC(NN)c1cc(Br)ccc1Cl. The molecule has 1 aromatic carbocycles. The lowest BCUT2D eigenvalue weighted by Gasteiger charge is -2.17. The Hall–Kier alpha value is -0.0900. The molecule has 0 fully saturated rings. The Bertz CT molecular complexity index is 304. The summed E-state index contributed by atoms with van der Waals surface area (Å²) >= 11 is 9.51. The van der Waals surface area contributed by atoms with Crippen LogP contribution in [0.2, 0.25) is 5.02 Å². The normalized spacial score (nSPS) is 12.9. The zero-order valence-electron chi connectivity index (χ0n) is 8.06. The van der Waals surface area contributed by atoms with Crippen LogP contribution in [0.5, 0.6) is 0 Å². The van der Waals surface area contributed by atoms with E-state index in [-0.39, 0.29) is 6.04 Å². The molecule has 0 amide bonds. The summed E-state index contributed by atoms with van der Waals surface area (Å²) in [5, 5.41) is 0.754. The predicted molar refractivity (Wildman–Crippen MR) is 64.1 cm³/mol. The molecule has 0 aliphatic heterocycles. The highest BCUT2D eigenvalue weighted by Crippen LogP contribution is 2.28. The highest BCUT2D eigenvalue weighted by molar-refractivity contribution is 9.10. The van der Waals surface area contributed by atoms with Crippen LogP contribution >= 0.6 is 27.5 Å². The van der Waals surface area contributed by atoms with Gasteiger partial charge in [0.25, 0.3) is 0 Å². The Kier molecular flexibility index (Phi) is 4.89. The molecule has 1 atom stereocenters. The molecule has 2 nitrogen and oxygen atoms in total. The van der Waals surface area contributed by atoms with E-state index in [4.69, 9.17) is 17.4 Å². The van der Waals surface area contributed by atoms with Gasteiger partial charge < -0.3 is 0 Å². The average Bonchev–Trinajstić information content (AvgIpc) is 2.18. The van der Waals surface area contributed by atoms with Crippen LogP contribution in [0.3, 0.4) is 0 Å². The second-order valence-corrected chi connectivity index (χ2v) is 4.50. The molecule has 0 aromatic heterocycles. The Balaban J connectivity index is 2.96. The molecule has 14 heavy (non-hydrogen) atoms. The first kappa shape index (κ1) is 12.0. The predicted octanol–water partition coefficient (Wildman–Crippen LogP) is 3.41.